The summed E-state index contributed by atoms with van der Waals surface area (Å²) >= 11 is 0. The zero-order valence-electron chi connectivity index (χ0n) is 18.8. The number of nitrogens with zero attached hydrogens (tertiary/aromatic N) is 2. The van der Waals surface area contributed by atoms with Crippen molar-refractivity contribution in [2.24, 2.45) is 0 Å². The van der Waals surface area contributed by atoms with E-state index in [0.717, 1.165) is 57.3 Å². The van der Waals surface area contributed by atoms with Gasteiger partial charge in [-0.3, -0.25) is 14.9 Å². The fourth-order valence-electron chi connectivity index (χ4n) is 4.85. The molecule has 2 fully saturated rings. The second-order valence-corrected chi connectivity index (χ2v) is 8.89. The highest BCUT2D eigenvalue weighted by molar-refractivity contribution is 5.78. The number of non-ortho nitro benzene ring substituents is 1. The number of rotatable bonds is 8. The standard InChI is InChI=1S/C25H32N4O4/c30-25(18-33-22-8-2-1-3-9-22)27-24-11-5-4-10-23(24)26-19-7-6-16-28(17-19)20-12-14-21(15-13-20)29(31)32/h1-3,8-9,12-15,19,23-24,26H,4-7,10-11,16-18H2,(H,27,30)/t19?,23-,24-/m1/s1. The summed E-state index contributed by atoms with van der Waals surface area (Å²) in [7, 11) is 0. The van der Waals surface area contributed by atoms with Gasteiger partial charge in [0, 0.05) is 49.0 Å². The minimum absolute atomic E-state index is 0.0184. The molecule has 8 heteroatoms. The number of nitro groups is 1. The van der Waals surface area contributed by atoms with Crippen molar-refractivity contribution in [3.8, 4) is 5.75 Å². The molecule has 0 aromatic heterocycles. The Balaban J connectivity index is 1.30. The summed E-state index contributed by atoms with van der Waals surface area (Å²) in [5, 5.41) is 17.9. The maximum atomic E-state index is 12.5. The van der Waals surface area contributed by atoms with Gasteiger partial charge in [-0.2, -0.15) is 0 Å². The van der Waals surface area contributed by atoms with Gasteiger partial charge >= 0.3 is 0 Å². The number of hydrogen-bond acceptors (Lipinski definition) is 6. The number of para-hydroxylation sites is 1. The predicted molar refractivity (Wildman–Crippen MR) is 128 cm³/mol. The molecule has 1 amide bonds. The molecule has 176 valence electrons. The van der Waals surface area contributed by atoms with Crippen molar-refractivity contribution in [1.82, 2.24) is 10.6 Å². The monoisotopic (exact) mass is 452 g/mol. The molecule has 1 saturated heterocycles. The van der Waals surface area contributed by atoms with Crippen LogP contribution < -0.4 is 20.3 Å². The summed E-state index contributed by atoms with van der Waals surface area (Å²) in [4.78, 5) is 25.4. The lowest BCUT2D eigenvalue weighted by molar-refractivity contribution is -0.384. The number of amides is 1. The van der Waals surface area contributed by atoms with Crippen molar-refractivity contribution in [2.45, 2.75) is 56.7 Å². The van der Waals surface area contributed by atoms with E-state index in [4.69, 9.17) is 4.74 Å². The Kier molecular flexibility index (Phi) is 7.78. The minimum Gasteiger partial charge on any atom is -0.484 e. The first-order chi connectivity index (χ1) is 16.1. The van der Waals surface area contributed by atoms with Gasteiger partial charge in [-0.1, -0.05) is 31.0 Å². The van der Waals surface area contributed by atoms with Crippen molar-refractivity contribution in [3.05, 3.63) is 64.7 Å². The van der Waals surface area contributed by atoms with Crippen LogP contribution in [0.4, 0.5) is 11.4 Å². The molecule has 1 aliphatic carbocycles. The van der Waals surface area contributed by atoms with Gasteiger partial charge in [-0.25, -0.2) is 0 Å². The highest BCUT2D eigenvalue weighted by Gasteiger charge is 2.30. The Morgan fingerprint density at radius 1 is 1.00 bits per heavy atom. The van der Waals surface area contributed by atoms with Gasteiger partial charge in [0.15, 0.2) is 6.61 Å². The first-order valence-electron chi connectivity index (χ1n) is 11.8. The number of carbonyl (C=O) groups is 1. The van der Waals surface area contributed by atoms with Crippen molar-refractivity contribution in [1.29, 1.82) is 0 Å². The topological polar surface area (TPSA) is 96.7 Å². The molecule has 0 bridgehead atoms. The quantitative estimate of drug-likeness (QED) is 0.469. The minimum atomic E-state index is -0.368. The molecular formula is C25H32N4O4. The number of hydrogen-bond donors (Lipinski definition) is 2. The van der Waals surface area contributed by atoms with Crippen LogP contribution in [0.15, 0.2) is 54.6 Å². The summed E-state index contributed by atoms with van der Waals surface area (Å²) in [5.74, 6) is 0.605. The molecule has 3 atom stereocenters. The first-order valence-corrected chi connectivity index (χ1v) is 11.8. The number of anilines is 1. The van der Waals surface area contributed by atoms with Crippen molar-refractivity contribution in [2.75, 3.05) is 24.6 Å². The lowest BCUT2D eigenvalue weighted by atomic mass is 9.89. The van der Waals surface area contributed by atoms with E-state index in [1.807, 2.05) is 42.5 Å². The SMILES string of the molecule is O=C(COc1ccccc1)N[C@@H]1CCCC[C@H]1NC1CCCN(c2ccc([N+](=O)[O-])cc2)C1. The van der Waals surface area contributed by atoms with Crippen LogP contribution >= 0.6 is 0 Å². The largest absolute Gasteiger partial charge is 0.484 e. The third-order valence-electron chi connectivity index (χ3n) is 6.52. The zero-order chi connectivity index (χ0) is 23.0. The number of carbonyl (C=O) groups excluding carboxylic acids is 1. The van der Waals surface area contributed by atoms with Crippen LogP contribution in [0.25, 0.3) is 0 Å². The van der Waals surface area contributed by atoms with Crippen LogP contribution in [-0.2, 0) is 4.79 Å². The van der Waals surface area contributed by atoms with Crippen molar-refractivity contribution < 1.29 is 14.5 Å². The van der Waals surface area contributed by atoms with E-state index in [0.29, 0.717) is 11.8 Å². The van der Waals surface area contributed by atoms with E-state index in [1.54, 1.807) is 12.1 Å². The van der Waals surface area contributed by atoms with E-state index in [2.05, 4.69) is 15.5 Å². The highest BCUT2D eigenvalue weighted by atomic mass is 16.6. The third-order valence-corrected chi connectivity index (χ3v) is 6.52. The van der Waals surface area contributed by atoms with Crippen molar-refractivity contribution in [3.63, 3.8) is 0 Å². The molecule has 8 nitrogen and oxygen atoms in total. The predicted octanol–water partition coefficient (Wildman–Crippen LogP) is 3.66. The fourth-order valence-corrected chi connectivity index (χ4v) is 4.85. The second kappa shape index (κ2) is 11.1. The van der Waals surface area contributed by atoms with E-state index in [-0.39, 0.29) is 35.2 Å². The Morgan fingerprint density at radius 2 is 1.73 bits per heavy atom. The molecule has 2 N–H and O–H groups in total. The van der Waals surface area contributed by atoms with Gasteiger partial charge in [0.1, 0.15) is 5.75 Å². The average Bonchev–Trinajstić information content (AvgIpc) is 2.85. The van der Waals surface area contributed by atoms with Crippen LogP contribution in [-0.4, -0.2) is 48.7 Å². The highest BCUT2D eigenvalue weighted by Crippen LogP contribution is 2.25. The molecule has 2 aromatic carbocycles. The van der Waals surface area contributed by atoms with Gasteiger partial charge in [0.05, 0.1) is 4.92 Å². The molecular weight excluding hydrogens is 420 g/mol. The molecule has 0 spiro atoms. The van der Waals surface area contributed by atoms with Gasteiger partial charge in [0.2, 0.25) is 0 Å². The van der Waals surface area contributed by atoms with Crippen LogP contribution in [0.1, 0.15) is 38.5 Å². The molecule has 0 radical (unpaired) electrons. The van der Waals surface area contributed by atoms with E-state index < -0.39 is 0 Å². The first kappa shape index (κ1) is 23.0. The molecule has 1 saturated carbocycles. The van der Waals surface area contributed by atoms with Gasteiger partial charge in [0.25, 0.3) is 11.6 Å². The number of ether oxygens (including phenoxy) is 1. The van der Waals surface area contributed by atoms with Gasteiger partial charge in [-0.05, 0) is 49.9 Å². The summed E-state index contributed by atoms with van der Waals surface area (Å²) in [6.45, 7) is 1.81. The summed E-state index contributed by atoms with van der Waals surface area (Å²) < 4.78 is 5.60. The van der Waals surface area contributed by atoms with Crippen LogP contribution in [0.2, 0.25) is 0 Å². The number of nitrogens with one attached hydrogen (secondary N) is 2. The fraction of sp³-hybridized carbons (Fsp3) is 0.480. The Labute approximate surface area is 194 Å². The average molecular weight is 453 g/mol. The molecule has 1 unspecified atom stereocenters. The number of benzene rings is 2. The molecule has 4 rings (SSSR count). The van der Waals surface area contributed by atoms with Crippen LogP contribution in [0.5, 0.6) is 5.75 Å². The maximum Gasteiger partial charge on any atom is 0.269 e. The maximum absolute atomic E-state index is 12.5. The van der Waals surface area contributed by atoms with E-state index >= 15 is 0 Å². The normalized spacial score (nSPS) is 23.0. The lowest BCUT2D eigenvalue weighted by Gasteiger charge is -2.40. The summed E-state index contributed by atoms with van der Waals surface area (Å²) in [6, 6.07) is 16.8. The number of nitro benzene ring substituents is 1. The zero-order valence-corrected chi connectivity index (χ0v) is 18.8. The molecule has 1 aliphatic heterocycles. The molecule has 33 heavy (non-hydrogen) atoms. The molecule has 2 aliphatic rings. The smallest absolute Gasteiger partial charge is 0.269 e. The second-order valence-electron chi connectivity index (χ2n) is 8.89. The van der Waals surface area contributed by atoms with Gasteiger partial charge in [-0.15, -0.1) is 0 Å². The van der Waals surface area contributed by atoms with Crippen molar-refractivity contribution >= 4 is 17.3 Å². The van der Waals surface area contributed by atoms with Crippen LogP contribution in [0, 0.1) is 10.1 Å². The molecule has 2 aromatic rings. The number of piperidine rings is 1. The van der Waals surface area contributed by atoms with E-state index in [1.165, 1.54) is 0 Å². The van der Waals surface area contributed by atoms with Gasteiger partial charge < -0.3 is 20.3 Å². The summed E-state index contributed by atoms with van der Waals surface area (Å²) in [6.07, 6.45) is 6.42. The Morgan fingerprint density at radius 3 is 2.45 bits per heavy atom. The third kappa shape index (κ3) is 6.44. The Bertz CT molecular complexity index is 922. The van der Waals surface area contributed by atoms with Crippen LogP contribution in [0.3, 0.4) is 0 Å². The molecule has 1 heterocycles. The van der Waals surface area contributed by atoms with E-state index in [9.17, 15) is 14.9 Å². The lowest BCUT2D eigenvalue weighted by Crippen LogP contribution is -2.57. The Hall–Kier alpha value is -3.13. The summed E-state index contributed by atoms with van der Waals surface area (Å²) in [5.41, 5.74) is 1.13.